The van der Waals surface area contributed by atoms with Crippen LogP contribution in [0.2, 0.25) is 0 Å². The van der Waals surface area contributed by atoms with Crippen LogP contribution >= 0.6 is 0 Å². The molecule has 2 nitrogen and oxygen atoms in total. The molecule has 0 aliphatic heterocycles. The number of hydrogen-bond acceptors (Lipinski definition) is 2. The molecule has 6 heteroatoms. The van der Waals surface area contributed by atoms with Gasteiger partial charge in [0, 0.05) is 0 Å². The quantitative estimate of drug-likeness (QED) is 0.408. The van der Waals surface area contributed by atoms with Crippen LogP contribution in [0.5, 0.6) is 0 Å². The van der Waals surface area contributed by atoms with Crippen molar-refractivity contribution in [1.29, 1.82) is 0 Å². The Labute approximate surface area is 75.7 Å². The molecule has 0 N–H and O–H groups in total. The standard InChI is InChI=1S/2Li.2Ni.2O.2H. The van der Waals surface area contributed by atoms with Crippen molar-refractivity contribution in [3.8, 4) is 0 Å². The van der Waals surface area contributed by atoms with Crippen LogP contribution in [-0.4, -0.2) is 37.7 Å². The molecule has 0 atom stereocenters. The Morgan fingerprint density at radius 1 is 0.667 bits per heavy atom. The van der Waals surface area contributed by atoms with Gasteiger partial charge in [-0.2, -0.15) is 0 Å². The molecule has 0 unspecified atom stereocenters. The SMILES string of the molecule is [LiH].[LiH].[O]=[Ni].[O]=[Ni]. The molecule has 0 saturated carbocycles. The van der Waals surface area contributed by atoms with E-state index in [0.717, 1.165) is 0 Å². The van der Waals surface area contributed by atoms with Crippen molar-refractivity contribution in [1.82, 2.24) is 0 Å². The summed E-state index contributed by atoms with van der Waals surface area (Å²) in [7, 11) is 0. The topological polar surface area (TPSA) is 34.1 Å². The van der Waals surface area contributed by atoms with E-state index in [1.165, 1.54) is 0 Å². The first-order chi connectivity index (χ1) is 2.00. The van der Waals surface area contributed by atoms with Crippen LogP contribution in [0.25, 0.3) is 0 Å². The molecule has 0 aromatic rings. The molecule has 0 fully saturated rings. The normalized spacial score (nSPS) is 2.00. The van der Waals surface area contributed by atoms with Gasteiger partial charge < -0.3 is 0 Å². The van der Waals surface area contributed by atoms with Gasteiger partial charge in [0.2, 0.25) is 0 Å². The molecule has 0 aliphatic carbocycles. The zero-order valence-corrected chi connectivity index (χ0v) is 3.42. The van der Waals surface area contributed by atoms with Gasteiger partial charge in [-0.25, -0.2) is 0 Å². The molecule has 0 spiro atoms. The minimum absolute atomic E-state index is 0. The number of hydrogen-bond donors (Lipinski definition) is 0. The van der Waals surface area contributed by atoms with Crippen molar-refractivity contribution < 1.29 is 38.6 Å². The molecule has 0 rings (SSSR count). The maximum atomic E-state index is 7.88. The van der Waals surface area contributed by atoms with E-state index in [0.29, 0.717) is 0 Å². The third-order valence-electron chi connectivity index (χ3n) is 0. The van der Waals surface area contributed by atoms with E-state index >= 15 is 0 Å². The van der Waals surface area contributed by atoms with Gasteiger partial charge in [0.25, 0.3) is 0 Å². The summed E-state index contributed by atoms with van der Waals surface area (Å²) in [6, 6.07) is 0. The average Bonchev–Trinajstić information content (AvgIpc) is 1.50. The molecule has 36 valence electrons. The van der Waals surface area contributed by atoms with Gasteiger partial charge in [-0.1, -0.05) is 0 Å². The van der Waals surface area contributed by atoms with Crippen LogP contribution < -0.4 is 0 Å². The molecule has 0 heterocycles. The van der Waals surface area contributed by atoms with Crippen LogP contribution in [-0.2, 0) is 38.6 Å². The van der Waals surface area contributed by atoms with E-state index in [1.54, 1.807) is 0 Å². The Kier molecular flexibility index (Phi) is 298. The molecule has 6 heavy (non-hydrogen) atoms. The van der Waals surface area contributed by atoms with E-state index in [1.807, 2.05) is 0 Å². The molecule has 0 saturated heterocycles. The predicted octanol–water partition coefficient (Wildman–Crippen LogP) is -1.54. The third-order valence-corrected chi connectivity index (χ3v) is 0. The second kappa shape index (κ2) is 71.4. The summed E-state index contributed by atoms with van der Waals surface area (Å²) in [5.41, 5.74) is 0. The molecule has 0 amide bonds. The third kappa shape index (κ3) is 41.6. The summed E-state index contributed by atoms with van der Waals surface area (Å²) in [6.45, 7) is 0. The summed E-state index contributed by atoms with van der Waals surface area (Å²) in [6.07, 6.45) is 0. The fourth-order valence-electron chi connectivity index (χ4n) is 0. The molecular weight excluding hydrogens is 163 g/mol. The summed E-state index contributed by atoms with van der Waals surface area (Å²) < 4.78 is 15.8. The maximum absolute atomic E-state index is 7.88. The zero-order chi connectivity index (χ0) is 4.00. The van der Waals surface area contributed by atoms with Crippen molar-refractivity contribution in [3.05, 3.63) is 0 Å². The van der Waals surface area contributed by atoms with Crippen LogP contribution in [0.3, 0.4) is 0 Å². The second-order valence-corrected chi connectivity index (χ2v) is 0. The van der Waals surface area contributed by atoms with Crippen molar-refractivity contribution in [2.24, 2.45) is 0 Å². The Bertz CT molecular complexity index is 11.5. The summed E-state index contributed by atoms with van der Waals surface area (Å²) in [4.78, 5) is 0. The molecule has 0 aromatic carbocycles. The van der Waals surface area contributed by atoms with Gasteiger partial charge in [0.15, 0.2) is 0 Å². The zero-order valence-electron chi connectivity index (χ0n) is 1.45. The van der Waals surface area contributed by atoms with Gasteiger partial charge in [0.05, 0.1) is 0 Å². The van der Waals surface area contributed by atoms with E-state index in [-0.39, 0.29) is 37.7 Å². The second-order valence-electron chi connectivity index (χ2n) is 0. The van der Waals surface area contributed by atoms with Crippen LogP contribution in [0.4, 0.5) is 0 Å². The fourth-order valence-corrected chi connectivity index (χ4v) is 0. The van der Waals surface area contributed by atoms with Gasteiger partial charge >= 0.3 is 76.3 Å². The summed E-state index contributed by atoms with van der Waals surface area (Å²) >= 11 is 5.25. The van der Waals surface area contributed by atoms with Crippen molar-refractivity contribution in [2.75, 3.05) is 0 Å². The molecule has 0 aromatic heterocycles. The summed E-state index contributed by atoms with van der Waals surface area (Å²) in [5.74, 6) is 0. The van der Waals surface area contributed by atoms with Gasteiger partial charge in [-0.3, -0.25) is 0 Å². The Hall–Kier alpha value is 1.78. The molecular formula is H2Li2Ni2O2. The Balaban J connectivity index is -0.00000000500. The van der Waals surface area contributed by atoms with Crippen molar-refractivity contribution in [2.45, 2.75) is 0 Å². The van der Waals surface area contributed by atoms with E-state index in [4.69, 9.17) is 7.79 Å². The minimum atomic E-state index is 0. The van der Waals surface area contributed by atoms with E-state index in [9.17, 15) is 0 Å². The molecule has 0 aliphatic rings. The fraction of sp³-hybridized carbons (Fsp3) is 0. The van der Waals surface area contributed by atoms with Crippen LogP contribution in [0.15, 0.2) is 0 Å². The molecule has 0 bridgehead atoms. The first-order valence-electron chi connectivity index (χ1n) is 0.258. The van der Waals surface area contributed by atoms with Gasteiger partial charge in [0.1, 0.15) is 0 Å². The first-order valence-corrected chi connectivity index (χ1v) is 1.06. The Morgan fingerprint density at radius 2 is 0.667 bits per heavy atom. The molecule has 0 radical (unpaired) electrons. The van der Waals surface area contributed by atoms with Crippen molar-refractivity contribution >= 4 is 37.7 Å². The Morgan fingerprint density at radius 3 is 0.667 bits per heavy atom. The van der Waals surface area contributed by atoms with E-state index < -0.39 is 0 Å². The predicted molar refractivity (Wildman–Crippen MR) is 15.7 cm³/mol. The monoisotopic (exact) mass is 164 g/mol. The van der Waals surface area contributed by atoms with Crippen LogP contribution in [0.1, 0.15) is 0 Å². The number of rotatable bonds is 0. The average molecular weight is 165 g/mol. The summed E-state index contributed by atoms with van der Waals surface area (Å²) in [5, 5.41) is 0. The van der Waals surface area contributed by atoms with Crippen LogP contribution in [0, 0.1) is 0 Å². The van der Waals surface area contributed by atoms with Crippen molar-refractivity contribution in [3.63, 3.8) is 0 Å². The van der Waals surface area contributed by atoms with Gasteiger partial charge in [-0.05, 0) is 0 Å². The first kappa shape index (κ1) is 25.0. The van der Waals surface area contributed by atoms with E-state index in [2.05, 4.69) is 30.8 Å². The van der Waals surface area contributed by atoms with Gasteiger partial charge in [-0.15, -0.1) is 0 Å².